The summed E-state index contributed by atoms with van der Waals surface area (Å²) in [5.74, 6) is 1.89. The highest BCUT2D eigenvalue weighted by Gasteiger charge is 2.49. The summed E-state index contributed by atoms with van der Waals surface area (Å²) in [4.78, 5) is 0. The van der Waals surface area contributed by atoms with Crippen LogP contribution in [0.2, 0.25) is 0 Å². The smallest absolute Gasteiger partial charge is 0.146 e. The number of benzene rings is 1. The summed E-state index contributed by atoms with van der Waals surface area (Å²) in [5, 5.41) is 8.48. The van der Waals surface area contributed by atoms with Gasteiger partial charge < -0.3 is 10.3 Å². The Morgan fingerprint density at radius 1 is 1.24 bits per heavy atom. The molecule has 1 aliphatic carbocycles. The summed E-state index contributed by atoms with van der Waals surface area (Å²) in [6, 6.07) is 10.5. The van der Waals surface area contributed by atoms with Gasteiger partial charge in [0, 0.05) is 7.05 Å². The number of hydrogen-bond acceptors (Lipinski definition) is 3. The van der Waals surface area contributed by atoms with Crippen LogP contribution >= 0.6 is 0 Å². The van der Waals surface area contributed by atoms with Gasteiger partial charge in [-0.3, -0.25) is 0 Å². The Balaban J connectivity index is 2.07. The van der Waals surface area contributed by atoms with E-state index in [1.54, 1.807) is 0 Å². The van der Waals surface area contributed by atoms with Gasteiger partial charge >= 0.3 is 0 Å². The molecule has 1 fully saturated rings. The Kier molecular flexibility index (Phi) is 2.26. The lowest BCUT2D eigenvalue weighted by molar-refractivity contribution is 0.674. The molecule has 0 saturated heterocycles. The van der Waals surface area contributed by atoms with E-state index in [9.17, 15) is 0 Å². The Bertz CT molecular complexity index is 526. The van der Waals surface area contributed by atoms with E-state index in [0.717, 1.165) is 24.5 Å². The largest absolute Gasteiger partial charge is 0.324 e. The van der Waals surface area contributed by atoms with Crippen molar-refractivity contribution in [3.05, 3.63) is 47.5 Å². The Morgan fingerprint density at radius 2 is 1.94 bits per heavy atom. The zero-order valence-corrected chi connectivity index (χ0v) is 9.93. The molecule has 4 nitrogen and oxygen atoms in total. The summed E-state index contributed by atoms with van der Waals surface area (Å²) in [7, 11) is 2.00. The van der Waals surface area contributed by atoms with E-state index in [-0.39, 0.29) is 5.41 Å². The highest BCUT2D eigenvalue weighted by molar-refractivity contribution is 5.39. The first-order valence-electron chi connectivity index (χ1n) is 5.92. The highest BCUT2D eigenvalue weighted by Crippen LogP contribution is 2.52. The third kappa shape index (κ3) is 1.48. The first-order chi connectivity index (χ1) is 8.28. The van der Waals surface area contributed by atoms with Gasteiger partial charge in [0.15, 0.2) is 0 Å². The topological polar surface area (TPSA) is 56.7 Å². The molecule has 1 aromatic carbocycles. The van der Waals surface area contributed by atoms with Crippen LogP contribution in [0.3, 0.4) is 0 Å². The van der Waals surface area contributed by atoms with Crippen molar-refractivity contribution in [1.29, 1.82) is 0 Å². The van der Waals surface area contributed by atoms with Crippen molar-refractivity contribution in [2.24, 2.45) is 12.8 Å². The van der Waals surface area contributed by atoms with Gasteiger partial charge in [0.05, 0.1) is 12.0 Å². The first kappa shape index (κ1) is 10.5. The second-order valence-electron chi connectivity index (χ2n) is 4.65. The van der Waals surface area contributed by atoms with Crippen molar-refractivity contribution in [2.75, 3.05) is 0 Å². The summed E-state index contributed by atoms with van der Waals surface area (Å²) in [5.41, 5.74) is 7.06. The van der Waals surface area contributed by atoms with E-state index in [1.165, 1.54) is 5.56 Å². The maximum atomic E-state index is 5.64. The fraction of sp³-hybridized carbons (Fsp3) is 0.385. The quantitative estimate of drug-likeness (QED) is 0.862. The molecular weight excluding hydrogens is 212 g/mol. The zero-order valence-electron chi connectivity index (χ0n) is 9.93. The van der Waals surface area contributed by atoms with Crippen molar-refractivity contribution in [3.8, 4) is 0 Å². The molecule has 4 heteroatoms. The van der Waals surface area contributed by atoms with Crippen molar-refractivity contribution in [3.63, 3.8) is 0 Å². The third-order valence-corrected chi connectivity index (χ3v) is 3.65. The fourth-order valence-corrected chi connectivity index (χ4v) is 2.48. The summed E-state index contributed by atoms with van der Waals surface area (Å²) < 4.78 is 2.04. The van der Waals surface area contributed by atoms with Gasteiger partial charge in [0.2, 0.25) is 0 Å². The van der Waals surface area contributed by atoms with Gasteiger partial charge in [-0.1, -0.05) is 30.3 Å². The van der Waals surface area contributed by atoms with Crippen LogP contribution in [0.5, 0.6) is 0 Å². The first-order valence-corrected chi connectivity index (χ1v) is 5.92. The van der Waals surface area contributed by atoms with E-state index in [0.29, 0.717) is 6.54 Å². The van der Waals surface area contributed by atoms with Gasteiger partial charge in [0.25, 0.3) is 0 Å². The van der Waals surface area contributed by atoms with Crippen molar-refractivity contribution >= 4 is 0 Å². The maximum absolute atomic E-state index is 5.64. The number of rotatable bonds is 3. The molecule has 1 saturated carbocycles. The SMILES string of the molecule is Cn1c(CN)nnc1C1(c2ccccc2)CC1. The van der Waals surface area contributed by atoms with Crippen LogP contribution in [-0.2, 0) is 19.0 Å². The third-order valence-electron chi connectivity index (χ3n) is 3.65. The Labute approximate surface area is 100 Å². The molecule has 1 heterocycles. The predicted octanol–water partition coefficient (Wildman–Crippen LogP) is 1.35. The number of nitrogens with zero attached hydrogens (tertiary/aromatic N) is 3. The molecule has 0 amide bonds. The second-order valence-corrected chi connectivity index (χ2v) is 4.65. The van der Waals surface area contributed by atoms with Gasteiger partial charge in [-0.05, 0) is 18.4 Å². The van der Waals surface area contributed by atoms with Crippen LogP contribution in [0, 0.1) is 0 Å². The molecule has 0 bridgehead atoms. The highest BCUT2D eigenvalue weighted by atomic mass is 15.3. The van der Waals surface area contributed by atoms with E-state index < -0.39 is 0 Å². The molecule has 2 N–H and O–H groups in total. The lowest BCUT2D eigenvalue weighted by Gasteiger charge is -2.15. The monoisotopic (exact) mass is 228 g/mol. The van der Waals surface area contributed by atoms with Crippen molar-refractivity contribution in [1.82, 2.24) is 14.8 Å². The number of aromatic nitrogens is 3. The van der Waals surface area contributed by atoms with E-state index in [2.05, 4.69) is 34.5 Å². The van der Waals surface area contributed by atoms with Gasteiger partial charge in [0.1, 0.15) is 11.6 Å². The average molecular weight is 228 g/mol. The number of hydrogen-bond donors (Lipinski definition) is 1. The summed E-state index contributed by atoms with van der Waals surface area (Å²) in [6.45, 7) is 0.439. The van der Waals surface area contributed by atoms with Gasteiger partial charge in [-0.25, -0.2) is 0 Å². The normalized spacial score (nSPS) is 17.1. The molecule has 2 aromatic rings. The van der Waals surface area contributed by atoms with Crippen LogP contribution < -0.4 is 5.73 Å². The molecule has 1 aromatic heterocycles. The molecule has 1 aliphatic rings. The van der Waals surface area contributed by atoms with E-state index in [4.69, 9.17) is 5.73 Å². The summed E-state index contributed by atoms with van der Waals surface area (Å²) in [6.07, 6.45) is 2.29. The van der Waals surface area contributed by atoms with Gasteiger partial charge in [-0.2, -0.15) is 0 Å². The van der Waals surface area contributed by atoms with Crippen LogP contribution in [-0.4, -0.2) is 14.8 Å². The zero-order chi connectivity index (χ0) is 11.9. The summed E-state index contributed by atoms with van der Waals surface area (Å²) >= 11 is 0. The molecule has 0 radical (unpaired) electrons. The Morgan fingerprint density at radius 3 is 2.47 bits per heavy atom. The molecule has 88 valence electrons. The van der Waals surface area contributed by atoms with Crippen LogP contribution in [0.4, 0.5) is 0 Å². The minimum Gasteiger partial charge on any atom is -0.324 e. The van der Waals surface area contributed by atoms with Crippen LogP contribution in [0.15, 0.2) is 30.3 Å². The number of nitrogens with two attached hydrogens (primary N) is 1. The van der Waals surface area contributed by atoms with Crippen LogP contribution in [0.25, 0.3) is 0 Å². The van der Waals surface area contributed by atoms with Crippen molar-refractivity contribution < 1.29 is 0 Å². The predicted molar refractivity (Wildman–Crippen MR) is 65.4 cm³/mol. The minimum atomic E-state index is 0.0798. The second kappa shape index (κ2) is 3.67. The lowest BCUT2D eigenvalue weighted by Crippen LogP contribution is -2.16. The van der Waals surface area contributed by atoms with Crippen molar-refractivity contribution in [2.45, 2.75) is 24.8 Å². The van der Waals surface area contributed by atoms with E-state index in [1.807, 2.05) is 17.7 Å². The molecular formula is C13H16N4. The molecule has 0 aliphatic heterocycles. The molecule has 0 spiro atoms. The van der Waals surface area contributed by atoms with E-state index >= 15 is 0 Å². The van der Waals surface area contributed by atoms with Gasteiger partial charge in [-0.15, -0.1) is 10.2 Å². The maximum Gasteiger partial charge on any atom is 0.146 e. The minimum absolute atomic E-state index is 0.0798. The fourth-order valence-electron chi connectivity index (χ4n) is 2.48. The Hall–Kier alpha value is -1.68. The lowest BCUT2D eigenvalue weighted by atomic mass is 9.95. The molecule has 0 atom stereocenters. The molecule has 0 unspecified atom stereocenters. The standard InChI is InChI=1S/C13H16N4/c1-17-11(9-14)15-16-12(17)13(7-8-13)10-5-3-2-4-6-10/h2-6H,7-9,14H2,1H3. The molecule has 17 heavy (non-hydrogen) atoms. The van der Waals surface area contributed by atoms with Crippen LogP contribution in [0.1, 0.15) is 30.1 Å². The molecule has 3 rings (SSSR count). The average Bonchev–Trinajstić information content (AvgIpc) is 3.09.